The fraction of sp³-hybridized carbons (Fsp3) is 0.389. The molecule has 8 nitrogen and oxygen atoms in total. The number of carbonyl (C=O) groups is 1. The maximum absolute atomic E-state index is 13.7. The lowest BCUT2D eigenvalue weighted by Gasteiger charge is -2.38. The lowest BCUT2D eigenvalue weighted by Crippen LogP contribution is -2.49. The van der Waals surface area contributed by atoms with Crippen molar-refractivity contribution in [3.63, 3.8) is 0 Å². The van der Waals surface area contributed by atoms with E-state index in [0.717, 1.165) is 0 Å². The van der Waals surface area contributed by atoms with E-state index in [1.165, 1.54) is 36.1 Å². The van der Waals surface area contributed by atoms with Crippen LogP contribution in [0, 0.1) is 5.82 Å². The van der Waals surface area contributed by atoms with Gasteiger partial charge >= 0.3 is 5.97 Å². The molecule has 2 heterocycles. The van der Waals surface area contributed by atoms with Crippen molar-refractivity contribution in [3.05, 3.63) is 52.2 Å². The molecule has 3 rings (SSSR count). The first kappa shape index (κ1) is 18.8. The lowest BCUT2D eigenvalue weighted by molar-refractivity contribution is -0.143. The largest absolute Gasteiger partial charge is 0.496 e. The minimum Gasteiger partial charge on any atom is -0.496 e. The summed E-state index contributed by atoms with van der Waals surface area (Å²) in [5.74, 6) is -1.24. The Morgan fingerprint density at radius 2 is 1.96 bits per heavy atom. The zero-order valence-corrected chi connectivity index (χ0v) is 15.1. The van der Waals surface area contributed by atoms with Gasteiger partial charge in [-0.2, -0.15) is 5.10 Å². The van der Waals surface area contributed by atoms with E-state index in [1.54, 1.807) is 18.1 Å². The van der Waals surface area contributed by atoms with Crippen LogP contribution in [0.3, 0.4) is 0 Å². The summed E-state index contributed by atoms with van der Waals surface area (Å²) in [4.78, 5) is 27.4. The van der Waals surface area contributed by atoms with Crippen LogP contribution < -0.4 is 15.2 Å². The average Bonchev–Trinajstić information content (AvgIpc) is 2.65. The second-order valence-electron chi connectivity index (χ2n) is 6.33. The van der Waals surface area contributed by atoms with Gasteiger partial charge in [0, 0.05) is 44.9 Å². The summed E-state index contributed by atoms with van der Waals surface area (Å²) >= 11 is 0. The molecule has 0 aliphatic carbocycles. The highest BCUT2D eigenvalue weighted by atomic mass is 19.1. The Labute approximate surface area is 155 Å². The van der Waals surface area contributed by atoms with Crippen molar-refractivity contribution < 1.29 is 19.0 Å². The number of aliphatic carboxylic acids is 1. The molecule has 9 heteroatoms. The molecule has 27 heavy (non-hydrogen) atoms. The Bertz CT molecular complexity index is 893. The Kier molecular flexibility index (Phi) is 5.41. The summed E-state index contributed by atoms with van der Waals surface area (Å²) in [5, 5.41) is 13.8. The molecule has 1 aromatic carbocycles. The number of ether oxygens (including phenoxy) is 1. The Balaban J connectivity index is 1.80. The Hall–Kier alpha value is -2.94. The third-order valence-electron chi connectivity index (χ3n) is 4.72. The molecular weight excluding hydrogens is 355 g/mol. The highest BCUT2D eigenvalue weighted by Crippen LogP contribution is 2.31. The van der Waals surface area contributed by atoms with Crippen molar-refractivity contribution >= 4 is 11.7 Å². The average molecular weight is 376 g/mol. The minimum absolute atomic E-state index is 0.206. The number of methoxy groups -OCH3 is 1. The van der Waals surface area contributed by atoms with Gasteiger partial charge in [0.1, 0.15) is 17.6 Å². The fourth-order valence-electron chi connectivity index (χ4n) is 3.28. The molecule has 1 atom stereocenters. The molecule has 1 aliphatic rings. The quantitative estimate of drug-likeness (QED) is 0.829. The summed E-state index contributed by atoms with van der Waals surface area (Å²) in [5.41, 5.74) is 0.782. The summed E-state index contributed by atoms with van der Waals surface area (Å²) in [6, 6.07) is 4.37. The number of piperazine rings is 1. The number of rotatable bonds is 5. The number of benzene rings is 1. The van der Waals surface area contributed by atoms with Gasteiger partial charge in [-0.05, 0) is 18.2 Å². The fourth-order valence-corrected chi connectivity index (χ4v) is 3.28. The van der Waals surface area contributed by atoms with Crippen LogP contribution in [0.25, 0.3) is 0 Å². The highest BCUT2D eigenvalue weighted by molar-refractivity contribution is 5.77. The second-order valence-corrected chi connectivity index (χ2v) is 6.33. The van der Waals surface area contributed by atoms with E-state index in [4.69, 9.17) is 4.74 Å². The van der Waals surface area contributed by atoms with Gasteiger partial charge in [0.25, 0.3) is 5.56 Å². The number of carboxylic acids is 1. The Morgan fingerprint density at radius 1 is 1.26 bits per heavy atom. The molecule has 1 aromatic heterocycles. The minimum atomic E-state index is -1.07. The number of anilines is 1. The van der Waals surface area contributed by atoms with Crippen LogP contribution >= 0.6 is 0 Å². The number of aromatic nitrogens is 2. The molecule has 1 fully saturated rings. The van der Waals surface area contributed by atoms with Crippen LogP contribution in [0.15, 0.2) is 35.3 Å². The zero-order valence-electron chi connectivity index (χ0n) is 15.1. The molecule has 0 bridgehead atoms. The van der Waals surface area contributed by atoms with Crippen LogP contribution in [0.1, 0.15) is 11.6 Å². The number of nitrogens with zero attached hydrogens (tertiary/aromatic N) is 4. The molecule has 0 unspecified atom stereocenters. The van der Waals surface area contributed by atoms with E-state index < -0.39 is 17.8 Å². The molecule has 0 saturated carbocycles. The van der Waals surface area contributed by atoms with Gasteiger partial charge in [0.2, 0.25) is 0 Å². The summed E-state index contributed by atoms with van der Waals surface area (Å²) < 4.78 is 20.2. The van der Waals surface area contributed by atoms with Gasteiger partial charge < -0.3 is 14.7 Å². The number of hydrogen-bond acceptors (Lipinski definition) is 6. The molecule has 1 aliphatic heterocycles. The SMILES string of the molecule is COc1ccc(F)cc1[C@@H](C(=O)O)N1CCN(c2cnn(C)c(=O)c2)CC1. The number of aryl methyl sites for hydroxylation is 1. The Morgan fingerprint density at radius 3 is 2.56 bits per heavy atom. The van der Waals surface area contributed by atoms with Crippen LogP contribution in [0.5, 0.6) is 5.75 Å². The maximum atomic E-state index is 13.7. The van der Waals surface area contributed by atoms with Gasteiger partial charge in [-0.3, -0.25) is 14.5 Å². The monoisotopic (exact) mass is 376 g/mol. The standard InChI is InChI=1S/C18H21FN4O4/c1-21-16(24)10-13(11-20-21)22-5-7-23(8-6-22)17(18(25)26)14-9-12(19)3-4-15(14)27-2/h3-4,9-11,17H,5-8H2,1-2H3,(H,25,26)/t17-/m0/s1. The van der Waals surface area contributed by atoms with E-state index in [0.29, 0.717) is 37.6 Å². The van der Waals surface area contributed by atoms with Gasteiger partial charge in [-0.1, -0.05) is 0 Å². The van der Waals surface area contributed by atoms with Gasteiger partial charge in [-0.15, -0.1) is 0 Å². The van der Waals surface area contributed by atoms with E-state index >= 15 is 0 Å². The van der Waals surface area contributed by atoms with E-state index in [1.807, 2.05) is 4.90 Å². The van der Waals surface area contributed by atoms with E-state index in [9.17, 15) is 19.1 Å². The molecule has 2 aromatic rings. The first-order valence-corrected chi connectivity index (χ1v) is 8.49. The highest BCUT2D eigenvalue weighted by Gasteiger charge is 2.33. The molecular formula is C18H21FN4O4. The van der Waals surface area contributed by atoms with Crippen molar-refractivity contribution in [1.29, 1.82) is 0 Å². The van der Waals surface area contributed by atoms with Crippen molar-refractivity contribution in [3.8, 4) is 5.75 Å². The zero-order chi connectivity index (χ0) is 19.6. The molecule has 0 amide bonds. The molecule has 1 N–H and O–H groups in total. The van der Waals surface area contributed by atoms with E-state index in [2.05, 4.69) is 5.10 Å². The predicted molar refractivity (Wildman–Crippen MR) is 96.6 cm³/mol. The predicted octanol–water partition coefficient (Wildman–Crippen LogP) is 0.876. The normalized spacial score (nSPS) is 16.2. The lowest BCUT2D eigenvalue weighted by atomic mass is 10.0. The maximum Gasteiger partial charge on any atom is 0.325 e. The van der Waals surface area contributed by atoms with Gasteiger partial charge in [-0.25, -0.2) is 9.07 Å². The van der Waals surface area contributed by atoms with Crippen molar-refractivity contribution in [2.24, 2.45) is 7.05 Å². The third kappa shape index (κ3) is 3.92. The second kappa shape index (κ2) is 7.75. The number of carboxylic acid groups (broad SMARTS) is 1. The van der Waals surface area contributed by atoms with Crippen molar-refractivity contribution in [1.82, 2.24) is 14.7 Å². The van der Waals surface area contributed by atoms with Crippen LogP contribution in [0.4, 0.5) is 10.1 Å². The van der Waals surface area contributed by atoms with Gasteiger partial charge in [0.15, 0.2) is 0 Å². The smallest absolute Gasteiger partial charge is 0.325 e. The number of hydrogen-bond donors (Lipinski definition) is 1. The third-order valence-corrected chi connectivity index (χ3v) is 4.72. The summed E-state index contributed by atoms with van der Waals surface area (Å²) in [6.07, 6.45) is 1.61. The van der Waals surface area contributed by atoms with Crippen LogP contribution in [0.2, 0.25) is 0 Å². The number of halogens is 1. The first-order chi connectivity index (χ1) is 12.9. The molecule has 1 saturated heterocycles. The van der Waals surface area contributed by atoms with Gasteiger partial charge in [0.05, 0.1) is 19.0 Å². The van der Waals surface area contributed by atoms with E-state index in [-0.39, 0.29) is 11.1 Å². The molecule has 0 radical (unpaired) electrons. The molecule has 144 valence electrons. The molecule has 0 spiro atoms. The first-order valence-electron chi connectivity index (χ1n) is 8.49. The summed E-state index contributed by atoms with van der Waals surface area (Å²) in [7, 11) is 3.00. The van der Waals surface area contributed by atoms with Crippen LogP contribution in [-0.4, -0.2) is 59.0 Å². The van der Waals surface area contributed by atoms with Crippen molar-refractivity contribution in [2.75, 3.05) is 38.2 Å². The topological polar surface area (TPSA) is 87.9 Å². The summed E-state index contributed by atoms with van der Waals surface area (Å²) in [6.45, 7) is 1.92. The van der Waals surface area contributed by atoms with Crippen molar-refractivity contribution in [2.45, 2.75) is 6.04 Å². The van der Waals surface area contributed by atoms with Crippen LogP contribution in [-0.2, 0) is 11.8 Å².